The van der Waals surface area contributed by atoms with Crippen molar-refractivity contribution in [1.82, 2.24) is 19.5 Å². The highest BCUT2D eigenvalue weighted by Crippen LogP contribution is 2.66. The van der Waals surface area contributed by atoms with Gasteiger partial charge in [0, 0.05) is 6.04 Å². The summed E-state index contributed by atoms with van der Waals surface area (Å²) in [6, 6.07) is -0.131. The van der Waals surface area contributed by atoms with Crippen LogP contribution in [0.4, 0.5) is 11.8 Å². The molecule has 19 heteroatoms. The molecule has 5 atom stereocenters. The Labute approximate surface area is 175 Å². The fraction of sp³-hybridized carbons (Fsp3) is 0.583. The maximum atomic E-state index is 11.9. The third kappa shape index (κ3) is 5.88. The fourth-order valence-corrected chi connectivity index (χ4v) is 6.62. The average molecular weight is 502 g/mol. The van der Waals surface area contributed by atoms with E-state index in [4.69, 9.17) is 25.8 Å². The van der Waals surface area contributed by atoms with Gasteiger partial charge in [0.2, 0.25) is 5.95 Å². The molecule has 2 aromatic heterocycles. The molecule has 2 aromatic rings. The summed E-state index contributed by atoms with van der Waals surface area (Å²) in [5.41, 5.74) is 12.3. The minimum atomic E-state index is -5.55. The molecule has 1 aliphatic carbocycles. The zero-order valence-corrected chi connectivity index (χ0v) is 18.6. The second-order valence-electron chi connectivity index (χ2n) is 6.94. The van der Waals surface area contributed by atoms with Crippen LogP contribution >= 0.6 is 23.5 Å². The molecule has 31 heavy (non-hydrogen) atoms. The van der Waals surface area contributed by atoms with E-state index >= 15 is 0 Å². The Bertz CT molecular complexity index is 1120. The Morgan fingerprint density at radius 1 is 1.10 bits per heavy atom. The van der Waals surface area contributed by atoms with Gasteiger partial charge in [-0.2, -0.15) is 18.6 Å². The largest absolute Gasteiger partial charge is 0.490 e. The van der Waals surface area contributed by atoms with Gasteiger partial charge < -0.3 is 35.6 Å². The summed E-state index contributed by atoms with van der Waals surface area (Å²) in [4.78, 5) is 48.2. The van der Waals surface area contributed by atoms with E-state index in [1.165, 1.54) is 0 Å². The number of fused-ring (bicyclic) bond motifs is 1. The van der Waals surface area contributed by atoms with Crippen molar-refractivity contribution in [2.75, 3.05) is 18.1 Å². The van der Waals surface area contributed by atoms with Crippen LogP contribution in [0.3, 0.4) is 0 Å². The molecule has 3 rings (SSSR count). The van der Waals surface area contributed by atoms with Crippen molar-refractivity contribution in [3.8, 4) is 0 Å². The Morgan fingerprint density at radius 2 is 1.77 bits per heavy atom. The maximum Gasteiger partial charge on any atom is 0.490 e. The van der Waals surface area contributed by atoms with Gasteiger partial charge in [-0.3, -0.25) is 4.52 Å². The van der Waals surface area contributed by atoms with E-state index in [1.54, 1.807) is 10.9 Å². The third-order valence-electron chi connectivity index (χ3n) is 4.87. The molecular weight excluding hydrogens is 481 g/mol. The molecule has 0 saturated heterocycles. The highest BCUT2D eigenvalue weighted by Gasteiger charge is 2.42. The number of anilines is 2. The van der Waals surface area contributed by atoms with Crippen molar-refractivity contribution in [1.29, 1.82) is 0 Å². The fourth-order valence-electron chi connectivity index (χ4n) is 3.54. The van der Waals surface area contributed by atoms with Crippen molar-refractivity contribution >= 4 is 46.4 Å². The highest BCUT2D eigenvalue weighted by molar-refractivity contribution is 7.66. The van der Waals surface area contributed by atoms with Gasteiger partial charge in [-0.25, -0.2) is 18.7 Å². The molecule has 174 valence electrons. The zero-order valence-electron chi connectivity index (χ0n) is 16.0. The number of phosphoric ester groups is 1. The summed E-state index contributed by atoms with van der Waals surface area (Å²) < 4.78 is 47.9. The first kappa shape index (κ1) is 24.2. The molecule has 1 saturated carbocycles. The van der Waals surface area contributed by atoms with E-state index in [2.05, 4.69) is 23.6 Å². The number of hydrogen-bond donors (Lipinski definition) is 6. The summed E-state index contributed by atoms with van der Waals surface area (Å²) >= 11 is 0. The van der Waals surface area contributed by atoms with Gasteiger partial charge in [0.15, 0.2) is 11.5 Å². The number of rotatable bonds is 8. The van der Waals surface area contributed by atoms with E-state index < -0.39 is 23.5 Å². The Balaban J connectivity index is 1.67. The smallest absolute Gasteiger partial charge is 0.382 e. The average Bonchev–Trinajstić information content (AvgIpc) is 3.13. The Morgan fingerprint density at radius 3 is 2.42 bits per heavy atom. The van der Waals surface area contributed by atoms with Gasteiger partial charge in [-0.1, -0.05) is 6.92 Å². The lowest BCUT2D eigenvalue weighted by molar-refractivity contribution is 0.140. The predicted molar refractivity (Wildman–Crippen MR) is 105 cm³/mol. The van der Waals surface area contributed by atoms with Crippen LogP contribution in [0.5, 0.6) is 0 Å². The number of nitrogens with zero attached hydrogens (tertiary/aromatic N) is 4. The van der Waals surface area contributed by atoms with Crippen molar-refractivity contribution < 1.29 is 46.4 Å². The van der Waals surface area contributed by atoms with Crippen LogP contribution in [0, 0.1) is 11.8 Å². The molecule has 1 fully saturated rings. The second-order valence-corrected chi connectivity index (χ2v) is 11.4. The quantitative estimate of drug-likeness (QED) is 0.274. The van der Waals surface area contributed by atoms with Crippen molar-refractivity contribution in [2.45, 2.75) is 25.8 Å². The third-order valence-corrected chi connectivity index (χ3v) is 8.68. The molecule has 0 aliphatic heterocycles. The van der Waals surface area contributed by atoms with E-state index in [0.29, 0.717) is 24.0 Å². The first-order chi connectivity index (χ1) is 14.2. The maximum absolute atomic E-state index is 11.9. The lowest BCUT2D eigenvalue weighted by Crippen LogP contribution is -2.19. The van der Waals surface area contributed by atoms with Gasteiger partial charge in [0.1, 0.15) is 5.52 Å². The molecule has 0 aromatic carbocycles. The number of nitrogen functional groups attached to an aromatic ring is 2. The monoisotopic (exact) mass is 502 g/mol. The van der Waals surface area contributed by atoms with Crippen LogP contribution in [-0.2, 0) is 26.8 Å². The van der Waals surface area contributed by atoms with Crippen LogP contribution in [-0.4, -0.2) is 45.7 Å². The normalized spacial score (nSPS) is 26.0. The minimum Gasteiger partial charge on any atom is -0.382 e. The van der Waals surface area contributed by atoms with Gasteiger partial charge in [0.25, 0.3) is 0 Å². The first-order valence-corrected chi connectivity index (χ1v) is 13.2. The number of hydrogen-bond acceptors (Lipinski definition) is 11. The summed E-state index contributed by atoms with van der Waals surface area (Å²) in [6.45, 7) is 1.52. The Kier molecular flexibility index (Phi) is 6.63. The lowest BCUT2D eigenvalue weighted by Gasteiger charge is -2.23. The van der Waals surface area contributed by atoms with Crippen LogP contribution in [0.1, 0.15) is 25.8 Å². The summed E-state index contributed by atoms with van der Waals surface area (Å²) in [5.74, 6) is -0.274. The number of phosphoric acid groups is 3. The van der Waals surface area contributed by atoms with Crippen molar-refractivity contribution in [3.05, 3.63) is 6.33 Å². The van der Waals surface area contributed by atoms with Gasteiger partial charge in [0.05, 0.1) is 12.9 Å². The predicted octanol–water partition coefficient (Wildman–Crippen LogP) is 0.921. The van der Waals surface area contributed by atoms with Gasteiger partial charge >= 0.3 is 23.5 Å². The summed E-state index contributed by atoms with van der Waals surface area (Å²) in [7, 11) is -16.2. The van der Waals surface area contributed by atoms with E-state index in [9.17, 15) is 23.5 Å². The molecule has 2 unspecified atom stereocenters. The highest BCUT2D eigenvalue weighted by atomic mass is 31.3. The number of imidazole rings is 1. The first-order valence-electron chi connectivity index (χ1n) is 8.71. The molecule has 1 aliphatic rings. The van der Waals surface area contributed by atoms with Crippen molar-refractivity contribution in [3.63, 3.8) is 0 Å². The molecule has 2 heterocycles. The Hall–Kier alpha value is -1.44. The molecule has 16 nitrogen and oxygen atoms in total. The molecular formula is C12H21N6O10P3. The summed E-state index contributed by atoms with van der Waals surface area (Å²) in [6.07, 6.45) is 2.72. The standard InChI is InChI=1S/C12H21N6O10P3/c1-6-7(4-26-30(22,23)28-31(24,25)27-29(19,20)21)2-3-8(6)18-5-15-9-10(13)16-12(14)17-11(9)18/h5-8H,2-4H2,1H3,(H,22,23)(H,24,25)(H2,19,20,21)(H4,13,14,16,17)/t6-,7+,8+/m1/s1. The molecule has 0 radical (unpaired) electrons. The number of nitrogens with two attached hydrogens (primary N) is 2. The van der Waals surface area contributed by atoms with Crippen LogP contribution in [0.2, 0.25) is 0 Å². The van der Waals surface area contributed by atoms with Gasteiger partial charge in [-0.05, 0) is 24.7 Å². The molecule has 0 spiro atoms. The van der Waals surface area contributed by atoms with E-state index in [0.717, 1.165) is 0 Å². The molecule has 0 bridgehead atoms. The van der Waals surface area contributed by atoms with Crippen LogP contribution < -0.4 is 11.5 Å². The summed E-state index contributed by atoms with van der Waals surface area (Å²) in [5, 5.41) is 0. The van der Waals surface area contributed by atoms with Crippen LogP contribution in [0.25, 0.3) is 11.2 Å². The van der Waals surface area contributed by atoms with E-state index in [1.807, 2.05) is 6.92 Å². The lowest BCUT2D eigenvalue weighted by atomic mass is 9.96. The second kappa shape index (κ2) is 8.49. The number of aromatic nitrogens is 4. The van der Waals surface area contributed by atoms with Crippen LogP contribution in [0.15, 0.2) is 6.33 Å². The van der Waals surface area contributed by atoms with E-state index in [-0.39, 0.29) is 36.3 Å². The zero-order chi connectivity index (χ0) is 23.2. The topological polar surface area (TPSA) is 255 Å². The minimum absolute atomic E-state index is 0.0124. The van der Waals surface area contributed by atoms with Crippen molar-refractivity contribution in [2.24, 2.45) is 11.8 Å². The van der Waals surface area contributed by atoms with Gasteiger partial charge in [-0.15, -0.1) is 0 Å². The SMILES string of the molecule is C[C@@H]1[C@H](COP(=O)(O)OP(=O)(O)OP(=O)(O)O)CC[C@@H]1n1cnc2c(N)nc(N)nc21. The molecule has 0 amide bonds. The molecule has 8 N–H and O–H groups in total.